The molecular formula is C20H16F3NO2S. The maximum atomic E-state index is 14.1. The molecule has 0 aliphatic heterocycles. The Hall–Kier alpha value is -2.80. The number of sulfonamides is 1. The first kappa shape index (κ1) is 19.0. The second-order valence-corrected chi connectivity index (χ2v) is 7.90. The summed E-state index contributed by atoms with van der Waals surface area (Å²) in [6.07, 6.45) is 0. The SMILES string of the molecule is Cc1ccc(S(=O)(=O)N(Cc2ccc(F)cc2F)c2ccc(F)cc2)cc1. The summed E-state index contributed by atoms with van der Waals surface area (Å²) in [4.78, 5) is 0.0138. The lowest BCUT2D eigenvalue weighted by molar-refractivity contribution is 0.569. The summed E-state index contributed by atoms with van der Waals surface area (Å²) in [5, 5.41) is 0. The van der Waals surface area contributed by atoms with Gasteiger partial charge in [0, 0.05) is 11.6 Å². The summed E-state index contributed by atoms with van der Waals surface area (Å²) in [5.74, 6) is -2.15. The molecule has 0 aliphatic rings. The second kappa shape index (κ2) is 7.44. The van der Waals surface area contributed by atoms with Crippen molar-refractivity contribution >= 4 is 15.7 Å². The minimum atomic E-state index is -4.06. The topological polar surface area (TPSA) is 37.4 Å². The first-order valence-electron chi connectivity index (χ1n) is 8.06. The van der Waals surface area contributed by atoms with Gasteiger partial charge < -0.3 is 0 Å². The Morgan fingerprint density at radius 2 is 1.41 bits per heavy atom. The number of anilines is 1. The van der Waals surface area contributed by atoms with Crippen LogP contribution in [0, 0.1) is 24.4 Å². The van der Waals surface area contributed by atoms with Crippen molar-refractivity contribution in [3.05, 3.63) is 95.3 Å². The molecule has 0 atom stereocenters. The summed E-state index contributed by atoms with van der Waals surface area (Å²) in [6, 6.07) is 13.9. The van der Waals surface area contributed by atoms with Crippen molar-refractivity contribution in [1.29, 1.82) is 0 Å². The van der Waals surface area contributed by atoms with Gasteiger partial charge in [0.2, 0.25) is 0 Å². The molecule has 0 saturated carbocycles. The van der Waals surface area contributed by atoms with Gasteiger partial charge in [-0.2, -0.15) is 0 Å². The van der Waals surface area contributed by atoms with Crippen LogP contribution in [0.2, 0.25) is 0 Å². The van der Waals surface area contributed by atoms with Crippen molar-refractivity contribution in [2.75, 3.05) is 4.31 Å². The third kappa shape index (κ3) is 4.14. The summed E-state index contributed by atoms with van der Waals surface area (Å²) >= 11 is 0. The van der Waals surface area contributed by atoms with Crippen LogP contribution in [0.1, 0.15) is 11.1 Å². The molecule has 140 valence electrons. The van der Waals surface area contributed by atoms with Crippen molar-refractivity contribution in [3.8, 4) is 0 Å². The van der Waals surface area contributed by atoms with Gasteiger partial charge in [-0.25, -0.2) is 21.6 Å². The van der Waals surface area contributed by atoms with E-state index in [4.69, 9.17) is 0 Å². The molecule has 3 nitrogen and oxygen atoms in total. The minimum Gasteiger partial charge on any atom is -0.262 e. The Balaban J connectivity index is 2.09. The molecular weight excluding hydrogens is 375 g/mol. The van der Waals surface area contributed by atoms with Gasteiger partial charge >= 0.3 is 0 Å². The van der Waals surface area contributed by atoms with Crippen LogP contribution < -0.4 is 4.31 Å². The maximum Gasteiger partial charge on any atom is 0.264 e. The third-order valence-corrected chi connectivity index (χ3v) is 5.84. The molecule has 7 heteroatoms. The van der Waals surface area contributed by atoms with E-state index in [2.05, 4.69) is 0 Å². The van der Waals surface area contributed by atoms with E-state index in [1.165, 1.54) is 30.3 Å². The molecule has 27 heavy (non-hydrogen) atoms. The van der Waals surface area contributed by atoms with Gasteiger partial charge in [0.15, 0.2) is 0 Å². The molecule has 0 amide bonds. The van der Waals surface area contributed by atoms with Gasteiger partial charge in [0.05, 0.1) is 17.1 Å². The molecule has 0 aromatic heterocycles. The fourth-order valence-electron chi connectivity index (χ4n) is 2.56. The summed E-state index contributed by atoms with van der Waals surface area (Å²) in [6.45, 7) is 1.45. The average Bonchev–Trinajstić information content (AvgIpc) is 2.62. The quantitative estimate of drug-likeness (QED) is 0.626. The zero-order chi connectivity index (χ0) is 19.6. The molecule has 0 N–H and O–H groups in total. The molecule has 0 unspecified atom stereocenters. The lowest BCUT2D eigenvalue weighted by atomic mass is 10.2. The van der Waals surface area contributed by atoms with Gasteiger partial charge in [-0.05, 0) is 49.4 Å². The van der Waals surface area contributed by atoms with E-state index >= 15 is 0 Å². The number of hydrogen-bond donors (Lipinski definition) is 0. The Morgan fingerprint density at radius 1 is 0.815 bits per heavy atom. The van der Waals surface area contributed by atoms with Gasteiger partial charge in [-0.3, -0.25) is 4.31 Å². The second-order valence-electron chi connectivity index (χ2n) is 6.04. The van der Waals surface area contributed by atoms with E-state index in [1.807, 2.05) is 6.92 Å². The predicted molar refractivity (Wildman–Crippen MR) is 97.3 cm³/mol. The number of aryl methyl sites for hydroxylation is 1. The highest BCUT2D eigenvalue weighted by atomic mass is 32.2. The Morgan fingerprint density at radius 3 is 2.00 bits per heavy atom. The number of benzene rings is 3. The van der Waals surface area contributed by atoms with Crippen LogP contribution >= 0.6 is 0 Å². The van der Waals surface area contributed by atoms with Crippen molar-refractivity contribution in [3.63, 3.8) is 0 Å². The lowest BCUT2D eigenvalue weighted by Gasteiger charge is -2.25. The van der Waals surface area contributed by atoms with Gasteiger partial charge in [-0.15, -0.1) is 0 Å². The Kier molecular flexibility index (Phi) is 5.23. The third-order valence-electron chi connectivity index (χ3n) is 4.05. The zero-order valence-electron chi connectivity index (χ0n) is 14.4. The molecule has 0 bridgehead atoms. The molecule has 3 aromatic carbocycles. The summed E-state index contributed by atoms with van der Waals surface area (Å²) in [5.41, 5.74) is 1.05. The summed E-state index contributed by atoms with van der Waals surface area (Å²) < 4.78 is 67.8. The highest BCUT2D eigenvalue weighted by Gasteiger charge is 2.26. The van der Waals surface area contributed by atoms with E-state index in [0.717, 1.165) is 28.1 Å². The van der Waals surface area contributed by atoms with E-state index in [-0.39, 0.29) is 22.7 Å². The average molecular weight is 391 g/mol. The molecule has 3 aromatic rings. The zero-order valence-corrected chi connectivity index (χ0v) is 15.2. The molecule has 0 radical (unpaired) electrons. The summed E-state index contributed by atoms with van der Waals surface area (Å²) in [7, 11) is -4.06. The molecule has 0 saturated heterocycles. The van der Waals surface area contributed by atoms with Crippen molar-refractivity contribution in [2.45, 2.75) is 18.4 Å². The van der Waals surface area contributed by atoms with E-state index in [9.17, 15) is 21.6 Å². The van der Waals surface area contributed by atoms with Crippen LogP contribution in [0.4, 0.5) is 18.9 Å². The molecule has 3 rings (SSSR count). The van der Waals surface area contributed by atoms with Crippen molar-refractivity contribution in [1.82, 2.24) is 0 Å². The standard InChI is InChI=1S/C20H16F3NO2S/c1-14-2-10-19(11-3-14)27(25,26)24(18-8-6-16(21)7-9-18)13-15-4-5-17(22)12-20(15)23/h2-12H,13H2,1H3. The van der Waals surface area contributed by atoms with E-state index in [0.29, 0.717) is 6.07 Å². The molecule has 0 heterocycles. The molecule has 0 fully saturated rings. The van der Waals surface area contributed by atoms with Gasteiger partial charge in [0.1, 0.15) is 17.5 Å². The Labute approximate surface area is 155 Å². The number of nitrogens with zero attached hydrogens (tertiary/aromatic N) is 1. The highest BCUT2D eigenvalue weighted by Crippen LogP contribution is 2.27. The smallest absolute Gasteiger partial charge is 0.262 e. The van der Waals surface area contributed by atoms with E-state index < -0.39 is 27.5 Å². The monoisotopic (exact) mass is 391 g/mol. The van der Waals surface area contributed by atoms with Gasteiger partial charge in [0.25, 0.3) is 10.0 Å². The van der Waals surface area contributed by atoms with Crippen LogP contribution in [0.15, 0.2) is 71.6 Å². The van der Waals surface area contributed by atoms with E-state index in [1.54, 1.807) is 12.1 Å². The fourth-order valence-corrected chi connectivity index (χ4v) is 4.01. The minimum absolute atomic E-state index is 0.00332. The molecule has 0 spiro atoms. The number of hydrogen-bond acceptors (Lipinski definition) is 2. The fraction of sp³-hybridized carbons (Fsp3) is 0.100. The van der Waals surface area contributed by atoms with Crippen LogP contribution in [0.25, 0.3) is 0 Å². The largest absolute Gasteiger partial charge is 0.264 e. The highest BCUT2D eigenvalue weighted by molar-refractivity contribution is 7.92. The first-order chi connectivity index (χ1) is 12.8. The van der Waals surface area contributed by atoms with Crippen molar-refractivity contribution in [2.24, 2.45) is 0 Å². The van der Waals surface area contributed by atoms with Crippen LogP contribution in [-0.2, 0) is 16.6 Å². The Bertz CT molecular complexity index is 1050. The van der Waals surface area contributed by atoms with Crippen LogP contribution in [0.3, 0.4) is 0 Å². The van der Waals surface area contributed by atoms with Crippen molar-refractivity contribution < 1.29 is 21.6 Å². The van der Waals surface area contributed by atoms with Crippen LogP contribution in [0.5, 0.6) is 0 Å². The molecule has 0 aliphatic carbocycles. The lowest BCUT2D eigenvalue weighted by Crippen LogP contribution is -2.31. The predicted octanol–water partition coefficient (Wildman–Crippen LogP) is 4.81. The maximum absolute atomic E-state index is 14.1. The van der Waals surface area contributed by atoms with Crippen LogP contribution in [-0.4, -0.2) is 8.42 Å². The van der Waals surface area contributed by atoms with Gasteiger partial charge in [-0.1, -0.05) is 23.8 Å². The number of halogens is 3. The first-order valence-corrected chi connectivity index (χ1v) is 9.50. The normalized spacial score (nSPS) is 11.4. The number of rotatable bonds is 5.